The van der Waals surface area contributed by atoms with Crippen LogP contribution in [-0.2, 0) is 13.8 Å². The van der Waals surface area contributed by atoms with Crippen LogP contribution in [0, 0.1) is 0 Å². The first kappa shape index (κ1) is 11.5. The van der Waals surface area contributed by atoms with E-state index in [0.717, 1.165) is 25.9 Å². The Morgan fingerprint density at radius 2 is 2.38 bits per heavy atom. The molecule has 2 unspecified atom stereocenters. The summed E-state index contributed by atoms with van der Waals surface area (Å²) in [7, 11) is 1.45. The van der Waals surface area contributed by atoms with Crippen LogP contribution in [0.5, 0.6) is 0 Å². The summed E-state index contributed by atoms with van der Waals surface area (Å²) in [6.07, 6.45) is 4.78. The van der Waals surface area contributed by atoms with Crippen LogP contribution in [-0.4, -0.2) is 26.2 Å². The quantitative estimate of drug-likeness (QED) is 0.743. The van der Waals surface area contributed by atoms with Crippen LogP contribution in [0.15, 0.2) is 0 Å². The number of hydrogen-bond acceptors (Lipinski definition) is 4. The van der Waals surface area contributed by atoms with E-state index in [9.17, 15) is 4.57 Å². The highest BCUT2D eigenvalue weighted by atomic mass is 32.7. The first-order valence-electron chi connectivity index (χ1n) is 4.31. The molecule has 1 saturated heterocycles. The Morgan fingerprint density at radius 1 is 1.62 bits per heavy atom. The molecule has 2 atom stereocenters. The molecule has 1 aliphatic heterocycles. The lowest BCUT2D eigenvalue weighted by Crippen LogP contribution is -2.32. The molecule has 0 aliphatic carbocycles. The summed E-state index contributed by atoms with van der Waals surface area (Å²) in [5.41, 5.74) is 0. The maximum Gasteiger partial charge on any atom is 0.328 e. The Kier molecular flexibility index (Phi) is 4.76. The van der Waals surface area contributed by atoms with Crippen LogP contribution in [0.1, 0.15) is 19.3 Å². The summed E-state index contributed by atoms with van der Waals surface area (Å²) in [4.78, 5) is 0. The van der Waals surface area contributed by atoms with Gasteiger partial charge in [-0.3, -0.25) is 4.57 Å². The monoisotopic (exact) mass is 225 g/mol. The predicted octanol–water partition coefficient (Wildman–Crippen LogP) is 2.22. The highest BCUT2D eigenvalue weighted by Crippen LogP contribution is 2.54. The smallest absolute Gasteiger partial charge is 0.328 e. The number of rotatable bonds is 4. The highest BCUT2D eigenvalue weighted by molar-refractivity contribution is 8.55. The van der Waals surface area contributed by atoms with Crippen LogP contribution in [0.2, 0.25) is 0 Å². The molecular formula is C7H16NO3PS. The molecule has 0 spiro atoms. The molecule has 0 aromatic heterocycles. The van der Waals surface area contributed by atoms with E-state index in [1.807, 2.05) is 0 Å². The van der Waals surface area contributed by atoms with Gasteiger partial charge in [-0.2, -0.15) is 0 Å². The summed E-state index contributed by atoms with van der Waals surface area (Å²) in [6.45, 7) is -1.96. The minimum atomic E-state index is -2.71. The van der Waals surface area contributed by atoms with Gasteiger partial charge in [0.15, 0.2) is 0 Å². The van der Waals surface area contributed by atoms with Crippen molar-refractivity contribution >= 4 is 18.1 Å². The minimum absolute atomic E-state index is 0.105. The van der Waals surface area contributed by atoms with Crippen LogP contribution in [0.25, 0.3) is 0 Å². The molecule has 0 aromatic rings. The number of ether oxygens (including phenoxy) is 1. The van der Waals surface area contributed by atoms with Gasteiger partial charge in [0.25, 0.3) is 0 Å². The summed E-state index contributed by atoms with van der Waals surface area (Å²) in [6, 6.07) is 0. The zero-order valence-corrected chi connectivity index (χ0v) is 9.70. The average molecular weight is 225 g/mol. The third-order valence-corrected chi connectivity index (χ3v) is 5.73. The molecule has 0 radical (unpaired) electrons. The van der Waals surface area contributed by atoms with Gasteiger partial charge < -0.3 is 9.26 Å². The van der Waals surface area contributed by atoms with Crippen molar-refractivity contribution in [3.8, 4) is 0 Å². The number of nitrogens with one attached hydrogen (secondary N) is 1. The van der Waals surface area contributed by atoms with Gasteiger partial charge in [0.1, 0.15) is 6.23 Å². The molecule has 4 nitrogen and oxygen atoms in total. The molecular weight excluding hydrogens is 209 g/mol. The molecule has 6 heteroatoms. The molecule has 0 saturated carbocycles. The number of hydrogen-bond donors (Lipinski definition) is 1. The fraction of sp³-hybridized carbons (Fsp3) is 1.00. The molecule has 1 aliphatic rings. The predicted molar refractivity (Wildman–Crippen MR) is 54.9 cm³/mol. The fourth-order valence-corrected chi connectivity index (χ4v) is 3.23. The molecule has 1 fully saturated rings. The summed E-state index contributed by atoms with van der Waals surface area (Å²) in [5, 5.41) is 2.91. The van der Waals surface area contributed by atoms with Crippen molar-refractivity contribution in [3.63, 3.8) is 0 Å². The Hall–Kier alpha value is 0.460. The zero-order valence-electron chi connectivity index (χ0n) is 7.99. The third kappa shape index (κ3) is 3.60. The fourth-order valence-electron chi connectivity index (χ4n) is 1.20. The minimum Gasteiger partial charge on any atom is -0.363 e. The van der Waals surface area contributed by atoms with Crippen molar-refractivity contribution in [2.45, 2.75) is 25.5 Å². The Labute approximate surface area is 83.0 Å². The Balaban J connectivity index is 2.40. The first-order chi connectivity index (χ1) is 6.20. The van der Waals surface area contributed by atoms with Crippen molar-refractivity contribution in [1.82, 2.24) is 5.09 Å². The van der Waals surface area contributed by atoms with Gasteiger partial charge in [0.05, 0.1) is 0 Å². The van der Waals surface area contributed by atoms with Crippen molar-refractivity contribution in [2.24, 2.45) is 0 Å². The van der Waals surface area contributed by atoms with Gasteiger partial charge in [-0.15, -0.1) is 0 Å². The van der Waals surface area contributed by atoms with Gasteiger partial charge in [-0.1, -0.05) is 11.4 Å². The molecule has 1 N–H and O–H groups in total. The van der Waals surface area contributed by atoms with Crippen LogP contribution < -0.4 is 5.09 Å². The van der Waals surface area contributed by atoms with Crippen LogP contribution in [0.3, 0.4) is 0 Å². The second-order valence-corrected chi connectivity index (χ2v) is 7.37. The average Bonchev–Trinajstić information content (AvgIpc) is 2.19. The summed E-state index contributed by atoms with van der Waals surface area (Å²) >= 11 is 1.21. The molecule has 0 aromatic carbocycles. The van der Waals surface area contributed by atoms with Gasteiger partial charge in [-0.05, 0) is 25.5 Å². The Bertz CT molecular complexity index is 188. The van der Waals surface area contributed by atoms with Crippen molar-refractivity contribution < 1.29 is 13.8 Å². The summed E-state index contributed by atoms with van der Waals surface area (Å²) < 4.78 is 22.1. The molecule has 13 heavy (non-hydrogen) atoms. The Morgan fingerprint density at radius 3 is 2.85 bits per heavy atom. The van der Waals surface area contributed by atoms with E-state index in [-0.39, 0.29) is 6.23 Å². The van der Waals surface area contributed by atoms with E-state index < -0.39 is 6.72 Å². The van der Waals surface area contributed by atoms with Crippen molar-refractivity contribution in [1.29, 1.82) is 0 Å². The molecule has 1 heterocycles. The second-order valence-electron chi connectivity index (χ2n) is 2.85. The standard InChI is InChI=1S/C7H16NO3PS/c1-10-12(9,13-2)8-7-5-3-4-6-11-7/h7H,3-6H2,1-2H3,(H,8,9). The molecule has 78 valence electrons. The maximum absolute atomic E-state index is 11.8. The molecule has 0 bridgehead atoms. The largest absolute Gasteiger partial charge is 0.363 e. The van der Waals surface area contributed by atoms with E-state index in [4.69, 9.17) is 9.26 Å². The van der Waals surface area contributed by atoms with Crippen molar-refractivity contribution in [2.75, 3.05) is 20.0 Å². The van der Waals surface area contributed by atoms with Gasteiger partial charge in [0.2, 0.25) is 0 Å². The maximum atomic E-state index is 11.8. The highest BCUT2D eigenvalue weighted by Gasteiger charge is 2.26. The molecule has 0 amide bonds. The SMILES string of the molecule is COP(=O)(NC1CCCCO1)SC. The van der Waals surface area contributed by atoms with E-state index in [2.05, 4.69) is 5.09 Å². The molecule has 1 rings (SSSR count). The lowest BCUT2D eigenvalue weighted by Gasteiger charge is -2.26. The van der Waals surface area contributed by atoms with Gasteiger partial charge in [-0.25, -0.2) is 5.09 Å². The van der Waals surface area contributed by atoms with Gasteiger partial charge in [0, 0.05) is 13.7 Å². The third-order valence-electron chi connectivity index (χ3n) is 1.96. The lowest BCUT2D eigenvalue weighted by molar-refractivity contribution is 0.00774. The van der Waals surface area contributed by atoms with E-state index in [0.29, 0.717) is 0 Å². The van der Waals surface area contributed by atoms with Crippen LogP contribution >= 0.6 is 18.1 Å². The normalized spacial score (nSPS) is 28.3. The van der Waals surface area contributed by atoms with E-state index >= 15 is 0 Å². The second kappa shape index (κ2) is 5.37. The van der Waals surface area contributed by atoms with Crippen molar-refractivity contribution in [3.05, 3.63) is 0 Å². The zero-order chi connectivity index (χ0) is 9.73. The topological polar surface area (TPSA) is 47.6 Å². The van der Waals surface area contributed by atoms with Crippen LogP contribution in [0.4, 0.5) is 0 Å². The van der Waals surface area contributed by atoms with E-state index in [1.54, 1.807) is 6.26 Å². The van der Waals surface area contributed by atoms with E-state index in [1.165, 1.54) is 18.5 Å². The lowest BCUT2D eigenvalue weighted by atomic mass is 10.2. The van der Waals surface area contributed by atoms with Gasteiger partial charge >= 0.3 is 6.72 Å². The summed E-state index contributed by atoms with van der Waals surface area (Å²) in [5.74, 6) is 0. The first-order valence-corrected chi connectivity index (χ1v) is 7.76.